The van der Waals surface area contributed by atoms with Gasteiger partial charge in [0.05, 0.1) is 18.4 Å². The molecule has 0 N–H and O–H groups in total. The lowest BCUT2D eigenvalue weighted by Crippen LogP contribution is -2.42. The first kappa shape index (κ1) is 17.1. The molecule has 25 heavy (non-hydrogen) atoms. The number of halogens is 1. The Morgan fingerprint density at radius 2 is 1.80 bits per heavy atom. The van der Waals surface area contributed by atoms with Gasteiger partial charge in [-0.3, -0.25) is 9.55 Å². The van der Waals surface area contributed by atoms with Crippen LogP contribution in [0.25, 0.3) is 5.69 Å². The summed E-state index contributed by atoms with van der Waals surface area (Å²) >= 11 is 6.25. The molecule has 0 saturated heterocycles. The molecular formula is C18H17ClN4O2. The number of rotatable bonds is 3. The molecule has 0 saturated carbocycles. The van der Waals surface area contributed by atoms with E-state index >= 15 is 0 Å². The molecule has 0 atom stereocenters. The van der Waals surface area contributed by atoms with Crippen LogP contribution in [0.2, 0.25) is 5.02 Å². The number of nitrogens with zero attached hydrogens (tertiary/aromatic N) is 4. The zero-order valence-corrected chi connectivity index (χ0v) is 14.9. The Hall–Kier alpha value is -2.73. The van der Waals surface area contributed by atoms with Crippen molar-refractivity contribution in [2.45, 2.75) is 27.3 Å². The monoisotopic (exact) mass is 356 g/mol. The van der Waals surface area contributed by atoms with Crippen LogP contribution in [0.4, 0.5) is 0 Å². The average Bonchev–Trinajstić information content (AvgIpc) is 2.54. The van der Waals surface area contributed by atoms with Gasteiger partial charge in [-0.1, -0.05) is 29.3 Å². The van der Waals surface area contributed by atoms with E-state index in [4.69, 9.17) is 11.6 Å². The summed E-state index contributed by atoms with van der Waals surface area (Å²) in [6, 6.07) is 7.33. The molecule has 0 aliphatic rings. The van der Waals surface area contributed by atoms with E-state index in [9.17, 15) is 9.59 Å². The number of aryl methyl sites for hydroxylation is 3. The van der Waals surface area contributed by atoms with Gasteiger partial charge in [0.25, 0.3) is 0 Å². The third-order valence-electron chi connectivity index (χ3n) is 3.91. The molecule has 0 aliphatic carbocycles. The first-order valence-corrected chi connectivity index (χ1v) is 8.12. The topological polar surface area (TPSA) is 69.8 Å². The number of benzene rings is 1. The highest BCUT2D eigenvalue weighted by Gasteiger charge is 2.14. The molecule has 2 heterocycles. The van der Waals surface area contributed by atoms with Crippen molar-refractivity contribution in [2.75, 3.05) is 0 Å². The Morgan fingerprint density at radius 3 is 2.52 bits per heavy atom. The fraction of sp³-hybridized carbons (Fsp3) is 0.222. The zero-order chi connectivity index (χ0) is 18.1. The fourth-order valence-electron chi connectivity index (χ4n) is 2.65. The molecule has 0 bridgehead atoms. The molecule has 0 aliphatic heterocycles. The molecular weight excluding hydrogens is 340 g/mol. The third-order valence-corrected chi connectivity index (χ3v) is 4.28. The maximum Gasteiger partial charge on any atom is 0.358 e. The smallest absolute Gasteiger partial charge is 0.277 e. The summed E-state index contributed by atoms with van der Waals surface area (Å²) in [4.78, 5) is 33.3. The van der Waals surface area contributed by atoms with Gasteiger partial charge in [-0.2, -0.15) is 4.98 Å². The lowest BCUT2D eigenvalue weighted by molar-refractivity contribution is 0.618. The van der Waals surface area contributed by atoms with Crippen molar-refractivity contribution in [1.82, 2.24) is 19.1 Å². The maximum absolute atomic E-state index is 12.9. The van der Waals surface area contributed by atoms with Crippen LogP contribution in [-0.4, -0.2) is 19.1 Å². The zero-order valence-electron chi connectivity index (χ0n) is 14.2. The summed E-state index contributed by atoms with van der Waals surface area (Å²) in [5.74, 6) is 0.337. The van der Waals surface area contributed by atoms with Gasteiger partial charge in [-0.25, -0.2) is 14.2 Å². The second-order valence-corrected chi connectivity index (χ2v) is 6.37. The van der Waals surface area contributed by atoms with Crippen molar-refractivity contribution < 1.29 is 0 Å². The molecule has 0 spiro atoms. The molecule has 0 fully saturated rings. The number of pyridine rings is 1. The van der Waals surface area contributed by atoms with Crippen LogP contribution < -0.4 is 11.4 Å². The fourth-order valence-corrected chi connectivity index (χ4v) is 2.83. The van der Waals surface area contributed by atoms with E-state index in [2.05, 4.69) is 9.97 Å². The van der Waals surface area contributed by atoms with E-state index in [1.54, 1.807) is 25.3 Å². The maximum atomic E-state index is 12.9. The van der Waals surface area contributed by atoms with Crippen molar-refractivity contribution in [3.8, 4) is 5.69 Å². The average molecular weight is 357 g/mol. The molecule has 128 valence electrons. The summed E-state index contributed by atoms with van der Waals surface area (Å²) in [5, 5.41) is 0.562. The third kappa shape index (κ3) is 3.39. The summed E-state index contributed by atoms with van der Waals surface area (Å²) in [5.41, 5.74) is 1.98. The lowest BCUT2D eigenvalue weighted by Gasteiger charge is -2.13. The number of hydrogen-bond donors (Lipinski definition) is 0. The number of aromatic nitrogens is 4. The molecule has 1 aromatic carbocycles. The molecule has 2 aromatic heterocycles. The van der Waals surface area contributed by atoms with E-state index in [1.165, 1.54) is 10.8 Å². The van der Waals surface area contributed by atoms with Crippen molar-refractivity contribution in [1.29, 1.82) is 0 Å². The van der Waals surface area contributed by atoms with Crippen LogP contribution in [0.3, 0.4) is 0 Å². The second-order valence-electron chi connectivity index (χ2n) is 5.96. The van der Waals surface area contributed by atoms with Crippen LogP contribution in [0, 0.1) is 20.8 Å². The van der Waals surface area contributed by atoms with Gasteiger partial charge in [0.1, 0.15) is 5.82 Å². The van der Waals surface area contributed by atoms with Crippen LogP contribution >= 0.6 is 11.6 Å². The summed E-state index contributed by atoms with van der Waals surface area (Å²) in [7, 11) is 0. The minimum absolute atomic E-state index is 0.234. The minimum atomic E-state index is -0.624. The first-order chi connectivity index (χ1) is 11.9. The van der Waals surface area contributed by atoms with Crippen LogP contribution in [0.15, 0.2) is 46.2 Å². The Balaban J connectivity index is 2.19. The van der Waals surface area contributed by atoms with E-state index in [-0.39, 0.29) is 6.54 Å². The standard InChI is InChI=1S/C18H17ClN4O2/c1-11-4-5-16(19)14(6-11)10-22-13(3)21-17(24)23(18(22)25)15-7-12(2)8-20-9-15/h4-9H,10H2,1-3H3. The largest absolute Gasteiger partial charge is 0.358 e. The van der Waals surface area contributed by atoms with Gasteiger partial charge < -0.3 is 0 Å². The summed E-state index contributed by atoms with van der Waals surface area (Å²) in [6.45, 7) is 5.66. The lowest BCUT2D eigenvalue weighted by atomic mass is 10.1. The van der Waals surface area contributed by atoms with Gasteiger partial charge in [0.2, 0.25) is 0 Å². The molecule has 3 aromatic rings. The highest BCUT2D eigenvalue weighted by Crippen LogP contribution is 2.18. The Labute approximate surface area is 149 Å². The van der Waals surface area contributed by atoms with E-state index in [1.807, 2.05) is 26.0 Å². The highest BCUT2D eigenvalue weighted by atomic mass is 35.5. The molecule has 0 amide bonds. The van der Waals surface area contributed by atoms with E-state index < -0.39 is 11.4 Å². The molecule has 0 unspecified atom stereocenters. The van der Waals surface area contributed by atoms with Crippen molar-refractivity contribution >= 4 is 11.6 Å². The van der Waals surface area contributed by atoms with E-state index in [0.717, 1.165) is 21.3 Å². The normalized spacial score (nSPS) is 10.9. The van der Waals surface area contributed by atoms with E-state index in [0.29, 0.717) is 16.5 Å². The predicted molar refractivity (Wildman–Crippen MR) is 96.7 cm³/mol. The molecule has 6 nitrogen and oxygen atoms in total. The second kappa shape index (κ2) is 6.64. The van der Waals surface area contributed by atoms with Gasteiger partial charge in [-0.05, 0) is 44.0 Å². The van der Waals surface area contributed by atoms with Gasteiger partial charge in [-0.15, -0.1) is 0 Å². The Kier molecular flexibility index (Phi) is 4.55. The van der Waals surface area contributed by atoms with Crippen molar-refractivity contribution in [3.05, 3.63) is 85.2 Å². The first-order valence-electron chi connectivity index (χ1n) is 7.74. The summed E-state index contributed by atoms with van der Waals surface area (Å²) < 4.78 is 2.46. The quantitative estimate of drug-likeness (QED) is 0.722. The van der Waals surface area contributed by atoms with Gasteiger partial charge in [0.15, 0.2) is 0 Å². The van der Waals surface area contributed by atoms with Gasteiger partial charge >= 0.3 is 11.4 Å². The Morgan fingerprint density at radius 1 is 1.04 bits per heavy atom. The summed E-state index contributed by atoms with van der Waals surface area (Å²) in [6.07, 6.45) is 3.12. The SMILES string of the molecule is Cc1cncc(-n2c(=O)nc(C)n(Cc3cc(C)ccc3Cl)c2=O)c1. The minimum Gasteiger partial charge on any atom is -0.277 e. The van der Waals surface area contributed by atoms with Crippen molar-refractivity contribution in [2.24, 2.45) is 0 Å². The highest BCUT2D eigenvalue weighted by molar-refractivity contribution is 6.31. The van der Waals surface area contributed by atoms with Crippen LogP contribution in [-0.2, 0) is 6.54 Å². The Bertz CT molecular complexity index is 1070. The molecule has 3 rings (SSSR count). The predicted octanol–water partition coefficient (Wildman–Crippen LogP) is 2.42. The molecule has 0 radical (unpaired) electrons. The molecule has 7 heteroatoms. The van der Waals surface area contributed by atoms with Crippen LogP contribution in [0.1, 0.15) is 22.5 Å². The van der Waals surface area contributed by atoms with Crippen LogP contribution in [0.5, 0.6) is 0 Å². The number of hydrogen-bond acceptors (Lipinski definition) is 4. The van der Waals surface area contributed by atoms with Gasteiger partial charge in [0, 0.05) is 11.2 Å². The van der Waals surface area contributed by atoms with Crippen molar-refractivity contribution in [3.63, 3.8) is 0 Å².